The SMILES string of the molecule is CCCC(OC)C(O)Cc1cc(F)ccc1C. The van der Waals surface area contributed by atoms with E-state index in [2.05, 4.69) is 0 Å². The maximum absolute atomic E-state index is 13.1. The standard InChI is InChI=1S/C14H21FO2/c1-4-5-14(17-3)13(16)9-11-8-12(15)7-6-10(11)2/h6-8,13-14,16H,4-5,9H2,1-3H3. The molecule has 1 aromatic rings. The van der Waals surface area contributed by atoms with Crippen molar-refractivity contribution in [2.24, 2.45) is 0 Å². The molecule has 17 heavy (non-hydrogen) atoms. The first-order valence-electron chi connectivity index (χ1n) is 6.04. The molecule has 0 aliphatic heterocycles. The molecule has 0 heterocycles. The van der Waals surface area contributed by atoms with Crippen molar-refractivity contribution in [3.05, 3.63) is 35.1 Å². The molecule has 0 amide bonds. The number of hydrogen-bond acceptors (Lipinski definition) is 2. The second-order valence-corrected chi connectivity index (χ2v) is 4.41. The third-order valence-corrected chi connectivity index (χ3v) is 3.05. The average Bonchev–Trinajstić information content (AvgIpc) is 2.30. The Morgan fingerprint density at radius 1 is 1.41 bits per heavy atom. The smallest absolute Gasteiger partial charge is 0.123 e. The van der Waals surface area contributed by atoms with Crippen molar-refractivity contribution < 1.29 is 14.2 Å². The molecule has 0 saturated heterocycles. The van der Waals surface area contributed by atoms with Gasteiger partial charge in [-0.3, -0.25) is 0 Å². The molecule has 1 aromatic carbocycles. The Bertz CT molecular complexity index is 352. The van der Waals surface area contributed by atoms with Gasteiger partial charge in [0.2, 0.25) is 0 Å². The molecule has 2 atom stereocenters. The van der Waals surface area contributed by atoms with Crippen molar-refractivity contribution in [2.75, 3.05) is 7.11 Å². The van der Waals surface area contributed by atoms with Gasteiger partial charge in [-0.25, -0.2) is 4.39 Å². The van der Waals surface area contributed by atoms with Crippen LogP contribution in [0.3, 0.4) is 0 Å². The Labute approximate surface area is 102 Å². The lowest BCUT2D eigenvalue weighted by Crippen LogP contribution is -2.30. The van der Waals surface area contributed by atoms with Gasteiger partial charge < -0.3 is 9.84 Å². The van der Waals surface area contributed by atoms with Crippen molar-refractivity contribution in [2.45, 2.75) is 45.3 Å². The van der Waals surface area contributed by atoms with E-state index in [0.29, 0.717) is 6.42 Å². The van der Waals surface area contributed by atoms with Gasteiger partial charge in [-0.15, -0.1) is 0 Å². The molecule has 0 aliphatic carbocycles. The Morgan fingerprint density at radius 2 is 2.12 bits per heavy atom. The lowest BCUT2D eigenvalue weighted by atomic mass is 9.98. The van der Waals surface area contributed by atoms with Crippen molar-refractivity contribution in [3.8, 4) is 0 Å². The second kappa shape index (κ2) is 6.72. The molecule has 0 fully saturated rings. The van der Waals surface area contributed by atoms with Crippen LogP contribution in [-0.4, -0.2) is 24.4 Å². The van der Waals surface area contributed by atoms with Crippen LogP contribution in [-0.2, 0) is 11.2 Å². The normalized spacial score (nSPS) is 14.6. The number of ether oxygens (including phenoxy) is 1. The van der Waals surface area contributed by atoms with E-state index in [4.69, 9.17) is 4.74 Å². The summed E-state index contributed by atoms with van der Waals surface area (Å²) in [6.45, 7) is 3.97. The predicted octanol–water partition coefficient (Wildman–Crippen LogP) is 2.85. The van der Waals surface area contributed by atoms with Crippen LogP contribution in [0.2, 0.25) is 0 Å². The first kappa shape index (κ1) is 14.1. The minimum Gasteiger partial charge on any atom is -0.390 e. The molecule has 0 bridgehead atoms. The Morgan fingerprint density at radius 3 is 2.71 bits per heavy atom. The first-order valence-corrected chi connectivity index (χ1v) is 6.04. The van der Waals surface area contributed by atoms with E-state index in [1.54, 1.807) is 13.2 Å². The van der Waals surface area contributed by atoms with Crippen molar-refractivity contribution in [3.63, 3.8) is 0 Å². The zero-order chi connectivity index (χ0) is 12.8. The summed E-state index contributed by atoms with van der Waals surface area (Å²) in [6.07, 6.45) is 1.44. The van der Waals surface area contributed by atoms with Gasteiger partial charge in [0, 0.05) is 13.5 Å². The lowest BCUT2D eigenvalue weighted by molar-refractivity contribution is -0.0160. The Kier molecular flexibility index (Phi) is 5.59. The van der Waals surface area contributed by atoms with Crippen LogP contribution in [0.15, 0.2) is 18.2 Å². The van der Waals surface area contributed by atoms with Crippen LogP contribution in [0.5, 0.6) is 0 Å². The molecule has 3 heteroatoms. The molecular weight excluding hydrogens is 219 g/mol. The van der Waals surface area contributed by atoms with Gasteiger partial charge in [0.1, 0.15) is 5.82 Å². The maximum atomic E-state index is 13.1. The molecule has 0 aromatic heterocycles. The Balaban J connectivity index is 2.72. The summed E-state index contributed by atoms with van der Waals surface area (Å²) >= 11 is 0. The fourth-order valence-corrected chi connectivity index (χ4v) is 1.97. The third kappa shape index (κ3) is 4.10. The second-order valence-electron chi connectivity index (χ2n) is 4.41. The molecule has 96 valence electrons. The van der Waals surface area contributed by atoms with Gasteiger partial charge in [0.15, 0.2) is 0 Å². The number of hydrogen-bond donors (Lipinski definition) is 1. The molecule has 1 N–H and O–H groups in total. The average molecular weight is 240 g/mol. The van der Waals surface area contributed by atoms with E-state index in [1.165, 1.54) is 12.1 Å². The highest BCUT2D eigenvalue weighted by molar-refractivity contribution is 5.27. The summed E-state index contributed by atoms with van der Waals surface area (Å²) in [5.41, 5.74) is 1.84. The molecule has 0 saturated carbocycles. The molecule has 1 rings (SSSR count). The number of methoxy groups -OCH3 is 1. The molecule has 0 spiro atoms. The number of halogens is 1. The van der Waals surface area contributed by atoms with Crippen LogP contribution in [0.4, 0.5) is 4.39 Å². The van der Waals surface area contributed by atoms with Crippen molar-refractivity contribution in [1.29, 1.82) is 0 Å². The maximum Gasteiger partial charge on any atom is 0.123 e. The summed E-state index contributed by atoms with van der Waals surface area (Å²) < 4.78 is 18.4. The molecule has 2 unspecified atom stereocenters. The molecule has 0 radical (unpaired) electrons. The zero-order valence-corrected chi connectivity index (χ0v) is 10.7. The minimum absolute atomic E-state index is 0.178. The lowest BCUT2D eigenvalue weighted by Gasteiger charge is -2.21. The fraction of sp³-hybridized carbons (Fsp3) is 0.571. The minimum atomic E-state index is -0.583. The van der Waals surface area contributed by atoms with E-state index in [1.807, 2.05) is 13.8 Å². The fourth-order valence-electron chi connectivity index (χ4n) is 1.97. The summed E-state index contributed by atoms with van der Waals surface area (Å²) in [5.74, 6) is -0.262. The van der Waals surface area contributed by atoms with Crippen molar-refractivity contribution in [1.82, 2.24) is 0 Å². The summed E-state index contributed by atoms with van der Waals surface area (Å²) in [6, 6.07) is 4.65. The monoisotopic (exact) mass is 240 g/mol. The van der Waals surface area contributed by atoms with E-state index in [0.717, 1.165) is 24.0 Å². The highest BCUT2D eigenvalue weighted by atomic mass is 19.1. The molecular formula is C14H21FO2. The topological polar surface area (TPSA) is 29.5 Å². The quantitative estimate of drug-likeness (QED) is 0.828. The number of aryl methyl sites for hydroxylation is 1. The van der Waals surface area contributed by atoms with Crippen LogP contribution in [0, 0.1) is 12.7 Å². The Hall–Kier alpha value is -0.930. The predicted molar refractivity (Wildman–Crippen MR) is 66.6 cm³/mol. The molecule has 2 nitrogen and oxygen atoms in total. The number of rotatable bonds is 6. The van der Waals surface area contributed by atoms with E-state index in [9.17, 15) is 9.50 Å². The largest absolute Gasteiger partial charge is 0.390 e. The number of aliphatic hydroxyl groups excluding tert-OH is 1. The number of aliphatic hydroxyl groups is 1. The van der Waals surface area contributed by atoms with Crippen LogP contribution < -0.4 is 0 Å². The summed E-state index contributed by atoms with van der Waals surface area (Å²) in [5, 5.41) is 10.1. The van der Waals surface area contributed by atoms with E-state index >= 15 is 0 Å². The van der Waals surface area contributed by atoms with Crippen LogP contribution in [0.1, 0.15) is 30.9 Å². The van der Waals surface area contributed by atoms with Crippen LogP contribution in [0.25, 0.3) is 0 Å². The van der Waals surface area contributed by atoms with Gasteiger partial charge in [-0.1, -0.05) is 19.4 Å². The first-order chi connectivity index (χ1) is 8.08. The van der Waals surface area contributed by atoms with Crippen LogP contribution >= 0.6 is 0 Å². The van der Waals surface area contributed by atoms with Gasteiger partial charge in [0.25, 0.3) is 0 Å². The summed E-state index contributed by atoms with van der Waals surface area (Å²) in [4.78, 5) is 0. The zero-order valence-electron chi connectivity index (χ0n) is 10.7. The summed E-state index contributed by atoms with van der Waals surface area (Å²) in [7, 11) is 1.60. The van der Waals surface area contributed by atoms with Crippen molar-refractivity contribution >= 4 is 0 Å². The van der Waals surface area contributed by atoms with Gasteiger partial charge in [0.05, 0.1) is 12.2 Å². The van der Waals surface area contributed by atoms with Gasteiger partial charge in [-0.05, 0) is 36.6 Å². The number of benzene rings is 1. The van der Waals surface area contributed by atoms with Gasteiger partial charge >= 0.3 is 0 Å². The molecule has 0 aliphatic rings. The van der Waals surface area contributed by atoms with Gasteiger partial charge in [-0.2, -0.15) is 0 Å². The third-order valence-electron chi connectivity index (χ3n) is 3.05. The highest BCUT2D eigenvalue weighted by Gasteiger charge is 2.19. The van der Waals surface area contributed by atoms with E-state index < -0.39 is 6.10 Å². The van der Waals surface area contributed by atoms with E-state index in [-0.39, 0.29) is 11.9 Å². The highest BCUT2D eigenvalue weighted by Crippen LogP contribution is 2.16.